The molecule has 1 aromatic rings. The molecule has 0 atom stereocenters. The van der Waals surface area contributed by atoms with Gasteiger partial charge in [-0.25, -0.2) is 22.2 Å². The summed E-state index contributed by atoms with van der Waals surface area (Å²) in [5.41, 5.74) is 0. The first-order valence-electron chi connectivity index (χ1n) is 9.76. The average Bonchev–Trinajstić information content (AvgIpc) is 2.66. The normalized spacial score (nSPS) is 16.2. The highest BCUT2D eigenvalue weighted by atomic mass is 127. The second-order valence-corrected chi connectivity index (χ2v) is 8.98. The molecule has 1 fully saturated rings. The van der Waals surface area contributed by atoms with Gasteiger partial charge in [-0.1, -0.05) is 0 Å². The Morgan fingerprint density at radius 1 is 1.27 bits per heavy atom. The Morgan fingerprint density at radius 2 is 1.90 bits per heavy atom. The lowest BCUT2D eigenvalue weighted by molar-refractivity contribution is 0.0744. The number of sulfone groups is 1. The number of halogens is 3. The predicted molar refractivity (Wildman–Crippen MR) is 125 cm³/mol. The Labute approximate surface area is 194 Å². The highest BCUT2D eigenvalue weighted by Gasteiger charge is 2.21. The number of benzene rings is 1. The first kappa shape index (κ1) is 26.8. The summed E-state index contributed by atoms with van der Waals surface area (Å²) in [4.78, 5) is 6.53. The van der Waals surface area contributed by atoms with Crippen LogP contribution in [0.1, 0.15) is 19.8 Å². The molecule has 172 valence electrons. The van der Waals surface area contributed by atoms with Crippen molar-refractivity contribution in [2.24, 2.45) is 4.99 Å². The molecule has 2 rings (SSSR count). The lowest BCUT2D eigenvalue weighted by atomic mass is 10.1. The largest absolute Gasteiger partial charge is 0.492 e. The quantitative estimate of drug-likeness (QED) is 0.209. The van der Waals surface area contributed by atoms with Gasteiger partial charge in [0.05, 0.1) is 18.0 Å². The second kappa shape index (κ2) is 13.3. The minimum absolute atomic E-state index is 0. The number of alkyl halides is 2. The summed E-state index contributed by atoms with van der Waals surface area (Å²) in [6.45, 7) is 4.59. The van der Waals surface area contributed by atoms with Crippen LogP contribution in [0.25, 0.3) is 0 Å². The van der Waals surface area contributed by atoms with E-state index in [2.05, 4.69) is 15.6 Å². The van der Waals surface area contributed by atoms with Crippen LogP contribution in [-0.4, -0.2) is 77.3 Å². The number of hydrogen-bond donors (Lipinski definition) is 2. The topological polar surface area (TPSA) is 83.0 Å². The van der Waals surface area contributed by atoms with Gasteiger partial charge in [0.2, 0.25) is 0 Å². The maximum atomic E-state index is 12.5. The van der Waals surface area contributed by atoms with E-state index in [0.717, 1.165) is 19.1 Å². The van der Waals surface area contributed by atoms with Gasteiger partial charge in [-0.05, 0) is 44.0 Å². The number of nitrogens with one attached hydrogen (secondary N) is 2. The predicted octanol–water partition coefficient (Wildman–Crippen LogP) is 2.37. The van der Waals surface area contributed by atoms with Crippen LogP contribution in [0.15, 0.2) is 34.2 Å². The van der Waals surface area contributed by atoms with Crippen LogP contribution >= 0.6 is 24.0 Å². The molecule has 7 nitrogen and oxygen atoms in total. The Balaban J connectivity index is 0.00000450. The molecule has 2 N–H and O–H groups in total. The molecule has 0 saturated carbocycles. The van der Waals surface area contributed by atoms with Crippen LogP contribution in [0.4, 0.5) is 8.78 Å². The molecule has 30 heavy (non-hydrogen) atoms. The van der Waals surface area contributed by atoms with Crippen LogP contribution in [0.2, 0.25) is 0 Å². The molecule has 0 bridgehead atoms. The smallest absolute Gasteiger partial charge is 0.251 e. The number of rotatable bonds is 9. The zero-order valence-corrected chi connectivity index (χ0v) is 20.5. The third kappa shape index (κ3) is 9.73. The fourth-order valence-corrected chi connectivity index (χ4v) is 3.70. The van der Waals surface area contributed by atoms with Crippen molar-refractivity contribution in [1.82, 2.24) is 15.5 Å². The Hall–Kier alpha value is -1.21. The van der Waals surface area contributed by atoms with Crippen LogP contribution in [0.3, 0.4) is 0 Å². The number of hydrogen-bond acceptors (Lipinski definition) is 5. The Bertz CT molecular complexity index is 756. The summed E-state index contributed by atoms with van der Waals surface area (Å²) in [6.07, 6.45) is 0.455. The standard InChI is InChI=1S/C19H30F2N4O3S.HI/c1-3-22-19(24-15-8-11-25(12-9-15)14-18(20)21)23-10-13-28-16-4-6-17(7-5-16)29(2,26)27;/h4-7,15,18H,3,8-14H2,1-2H3,(H2,22,23,24);1H. The van der Waals surface area contributed by atoms with E-state index in [1.54, 1.807) is 17.0 Å². The van der Waals surface area contributed by atoms with Gasteiger partial charge in [0, 0.05) is 31.9 Å². The van der Waals surface area contributed by atoms with Crippen molar-refractivity contribution in [3.8, 4) is 5.75 Å². The second-order valence-electron chi connectivity index (χ2n) is 6.96. The fourth-order valence-electron chi connectivity index (χ4n) is 3.07. The zero-order valence-electron chi connectivity index (χ0n) is 17.3. The van der Waals surface area contributed by atoms with Crippen LogP contribution in [0, 0.1) is 0 Å². The first-order chi connectivity index (χ1) is 13.8. The molecule has 1 saturated heterocycles. The molecule has 11 heteroatoms. The van der Waals surface area contributed by atoms with Gasteiger partial charge in [-0.3, -0.25) is 4.90 Å². The number of guanidine groups is 1. The van der Waals surface area contributed by atoms with Crippen molar-refractivity contribution in [3.63, 3.8) is 0 Å². The number of piperidine rings is 1. The Kier molecular flexibility index (Phi) is 11.9. The van der Waals surface area contributed by atoms with Gasteiger partial charge < -0.3 is 15.4 Å². The van der Waals surface area contributed by atoms with E-state index in [1.165, 1.54) is 12.1 Å². The summed E-state index contributed by atoms with van der Waals surface area (Å²) in [5, 5.41) is 6.54. The summed E-state index contributed by atoms with van der Waals surface area (Å²) >= 11 is 0. The lowest BCUT2D eigenvalue weighted by Gasteiger charge is -2.32. The molecule has 0 aromatic heterocycles. The summed E-state index contributed by atoms with van der Waals surface area (Å²) in [5.74, 6) is 1.26. The minimum atomic E-state index is -3.22. The molecule has 0 aliphatic carbocycles. The van der Waals surface area contributed by atoms with E-state index in [1.807, 2.05) is 6.92 Å². The van der Waals surface area contributed by atoms with E-state index in [4.69, 9.17) is 4.74 Å². The van der Waals surface area contributed by atoms with Gasteiger partial charge in [0.15, 0.2) is 15.8 Å². The SMILES string of the molecule is CCNC(=NCCOc1ccc(S(C)(=O)=O)cc1)NC1CCN(CC(F)F)CC1.I. The molecule has 0 amide bonds. The van der Waals surface area contributed by atoms with Crippen molar-refractivity contribution in [3.05, 3.63) is 24.3 Å². The van der Waals surface area contributed by atoms with Crippen molar-refractivity contribution < 1.29 is 21.9 Å². The number of ether oxygens (including phenoxy) is 1. The molecule has 0 spiro atoms. The van der Waals surface area contributed by atoms with E-state index in [9.17, 15) is 17.2 Å². The van der Waals surface area contributed by atoms with Gasteiger partial charge in [0.1, 0.15) is 12.4 Å². The highest BCUT2D eigenvalue weighted by molar-refractivity contribution is 14.0. The molecule has 1 aliphatic rings. The maximum Gasteiger partial charge on any atom is 0.251 e. The van der Waals surface area contributed by atoms with Crippen LogP contribution in [0.5, 0.6) is 5.75 Å². The van der Waals surface area contributed by atoms with Gasteiger partial charge >= 0.3 is 0 Å². The van der Waals surface area contributed by atoms with Crippen molar-refractivity contribution in [2.45, 2.75) is 37.1 Å². The van der Waals surface area contributed by atoms with E-state index in [0.29, 0.717) is 44.5 Å². The Morgan fingerprint density at radius 3 is 2.43 bits per heavy atom. The van der Waals surface area contributed by atoms with E-state index < -0.39 is 16.3 Å². The summed E-state index contributed by atoms with van der Waals surface area (Å²) < 4.78 is 53.5. The van der Waals surface area contributed by atoms with Crippen LogP contribution < -0.4 is 15.4 Å². The summed E-state index contributed by atoms with van der Waals surface area (Å²) in [7, 11) is -3.22. The van der Waals surface area contributed by atoms with Gasteiger partial charge in [-0.15, -0.1) is 24.0 Å². The summed E-state index contributed by atoms with van der Waals surface area (Å²) in [6, 6.07) is 6.47. The highest BCUT2D eigenvalue weighted by Crippen LogP contribution is 2.15. The van der Waals surface area contributed by atoms with E-state index >= 15 is 0 Å². The molecule has 1 aromatic carbocycles. The third-order valence-corrected chi connectivity index (χ3v) is 5.68. The molecular formula is C19H31F2IN4O3S. The van der Waals surface area contributed by atoms with Crippen molar-refractivity contribution >= 4 is 39.8 Å². The molecule has 1 heterocycles. The molecular weight excluding hydrogens is 529 g/mol. The maximum absolute atomic E-state index is 12.5. The first-order valence-corrected chi connectivity index (χ1v) is 11.7. The third-order valence-electron chi connectivity index (χ3n) is 4.55. The molecule has 1 aliphatic heterocycles. The average molecular weight is 560 g/mol. The minimum Gasteiger partial charge on any atom is -0.492 e. The number of nitrogens with zero attached hydrogens (tertiary/aromatic N) is 2. The lowest BCUT2D eigenvalue weighted by Crippen LogP contribution is -2.49. The molecule has 0 unspecified atom stereocenters. The fraction of sp³-hybridized carbons (Fsp3) is 0.632. The van der Waals surface area contributed by atoms with Gasteiger partial charge in [0.25, 0.3) is 6.43 Å². The van der Waals surface area contributed by atoms with Crippen molar-refractivity contribution in [2.75, 3.05) is 45.6 Å². The van der Waals surface area contributed by atoms with Gasteiger partial charge in [-0.2, -0.15) is 0 Å². The number of likely N-dealkylation sites (tertiary alicyclic amines) is 1. The van der Waals surface area contributed by atoms with E-state index in [-0.39, 0.29) is 41.5 Å². The number of aliphatic imine (C=N–C) groups is 1. The monoisotopic (exact) mass is 560 g/mol. The van der Waals surface area contributed by atoms with Crippen LogP contribution in [-0.2, 0) is 9.84 Å². The molecule has 0 radical (unpaired) electrons. The van der Waals surface area contributed by atoms with Crippen molar-refractivity contribution in [1.29, 1.82) is 0 Å². The zero-order chi connectivity index (χ0) is 21.3.